The summed E-state index contributed by atoms with van der Waals surface area (Å²) in [5, 5.41) is 4.40. The Morgan fingerprint density at radius 1 is 0.974 bits per heavy atom. The van der Waals surface area contributed by atoms with Crippen LogP contribution in [0.15, 0.2) is 36.4 Å². The average Bonchev–Trinajstić information content (AvgIpc) is 3.56. The van der Waals surface area contributed by atoms with Crippen LogP contribution in [0.2, 0.25) is 0 Å². The Bertz CT molecular complexity index is 1450. The summed E-state index contributed by atoms with van der Waals surface area (Å²) in [6.07, 6.45) is 3.15. The molecule has 0 spiro atoms. The molecular weight excluding hydrogens is 491 g/mol. The summed E-state index contributed by atoms with van der Waals surface area (Å²) in [7, 11) is 0. The number of halogens is 1. The lowest BCUT2D eigenvalue weighted by molar-refractivity contribution is -0.119. The quantitative estimate of drug-likeness (QED) is 0.477. The second-order valence-electron chi connectivity index (χ2n) is 9.51. The highest BCUT2D eigenvalue weighted by Gasteiger charge is 2.37. The molecule has 196 valence electrons. The fourth-order valence-corrected chi connectivity index (χ4v) is 5.42. The van der Waals surface area contributed by atoms with E-state index < -0.39 is 17.7 Å². The van der Waals surface area contributed by atoms with E-state index in [0.29, 0.717) is 61.5 Å². The maximum Gasteiger partial charge on any atom is 0.359 e. The number of nitrogens with zero attached hydrogens (tertiary/aromatic N) is 4. The number of anilines is 2. The molecule has 0 N–H and O–H groups in total. The van der Waals surface area contributed by atoms with Crippen LogP contribution in [0, 0.1) is 5.82 Å². The number of fused-ring (bicyclic) bond motifs is 2. The van der Waals surface area contributed by atoms with Gasteiger partial charge in [0.2, 0.25) is 5.91 Å². The van der Waals surface area contributed by atoms with Crippen LogP contribution >= 0.6 is 0 Å². The van der Waals surface area contributed by atoms with Crippen LogP contribution < -0.4 is 14.5 Å². The highest BCUT2D eigenvalue weighted by molar-refractivity contribution is 6.09. The van der Waals surface area contributed by atoms with E-state index in [1.54, 1.807) is 34.9 Å². The molecule has 1 aromatic heterocycles. The molecule has 0 unspecified atom stereocenters. The summed E-state index contributed by atoms with van der Waals surface area (Å²) < 4.78 is 27.5. The zero-order valence-electron chi connectivity index (χ0n) is 21.0. The minimum absolute atomic E-state index is 0.0185. The molecule has 0 aliphatic carbocycles. The number of hydrogen-bond donors (Lipinski definition) is 0. The minimum atomic E-state index is -0.649. The van der Waals surface area contributed by atoms with Gasteiger partial charge in [-0.25, -0.2) is 13.9 Å². The van der Waals surface area contributed by atoms with Crippen LogP contribution in [-0.2, 0) is 22.4 Å². The maximum absolute atomic E-state index is 15.6. The zero-order valence-corrected chi connectivity index (χ0v) is 21.0. The second-order valence-corrected chi connectivity index (χ2v) is 9.51. The van der Waals surface area contributed by atoms with Crippen molar-refractivity contribution in [3.8, 4) is 11.4 Å². The largest absolute Gasteiger partial charge is 0.493 e. The molecule has 0 bridgehead atoms. The highest BCUT2D eigenvalue weighted by Crippen LogP contribution is 2.35. The maximum atomic E-state index is 15.6. The average molecular weight is 519 g/mol. The number of benzene rings is 2. The molecule has 9 nitrogen and oxygen atoms in total. The Labute approximate surface area is 218 Å². The summed E-state index contributed by atoms with van der Waals surface area (Å²) in [5.74, 6) is -1.00. The molecule has 2 amide bonds. The van der Waals surface area contributed by atoms with E-state index in [1.165, 1.54) is 10.7 Å². The van der Waals surface area contributed by atoms with Crippen molar-refractivity contribution in [3.63, 3.8) is 0 Å². The lowest BCUT2D eigenvalue weighted by atomic mass is 10.0. The van der Waals surface area contributed by atoms with Crippen LogP contribution in [0.25, 0.3) is 5.69 Å². The number of ether oxygens (including phenoxy) is 2. The van der Waals surface area contributed by atoms with Gasteiger partial charge in [-0.1, -0.05) is 0 Å². The Hall–Kier alpha value is -4.21. The van der Waals surface area contributed by atoms with Gasteiger partial charge >= 0.3 is 5.97 Å². The van der Waals surface area contributed by atoms with E-state index >= 15 is 4.39 Å². The van der Waals surface area contributed by atoms with Gasteiger partial charge in [-0.15, -0.1) is 0 Å². The Kier molecular flexibility index (Phi) is 6.09. The minimum Gasteiger partial charge on any atom is -0.493 e. The molecule has 3 aliphatic heterocycles. The van der Waals surface area contributed by atoms with Gasteiger partial charge in [-0.2, -0.15) is 5.10 Å². The molecule has 0 atom stereocenters. The normalized spacial score (nSPS) is 16.8. The molecule has 2 aromatic carbocycles. The summed E-state index contributed by atoms with van der Waals surface area (Å²) in [5.41, 5.74) is 2.53. The molecule has 4 heterocycles. The number of aromatic nitrogens is 2. The van der Waals surface area contributed by atoms with Crippen molar-refractivity contribution in [1.82, 2.24) is 9.78 Å². The van der Waals surface area contributed by atoms with Crippen LogP contribution in [0.4, 0.5) is 15.8 Å². The molecule has 1 saturated heterocycles. The van der Waals surface area contributed by atoms with Crippen molar-refractivity contribution in [2.75, 3.05) is 36.1 Å². The van der Waals surface area contributed by atoms with Crippen molar-refractivity contribution < 1.29 is 28.2 Å². The number of rotatable bonds is 5. The van der Waals surface area contributed by atoms with Gasteiger partial charge in [0.15, 0.2) is 11.5 Å². The van der Waals surface area contributed by atoms with E-state index in [4.69, 9.17) is 9.47 Å². The molecule has 0 saturated carbocycles. The third-order valence-electron chi connectivity index (χ3n) is 7.30. The molecule has 3 aromatic rings. The molecular formula is C28H27FN4O5. The van der Waals surface area contributed by atoms with E-state index in [0.717, 1.165) is 18.5 Å². The van der Waals surface area contributed by atoms with E-state index in [2.05, 4.69) is 5.10 Å². The number of carbonyl (C=O) groups is 3. The predicted octanol–water partition coefficient (Wildman–Crippen LogP) is 3.84. The second kappa shape index (κ2) is 9.59. The lowest BCUT2D eigenvalue weighted by Crippen LogP contribution is -2.39. The summed E-state index contributed by atoms with van der Waals surface area (Å²) in [6, 6.07) is 10.5. The standard InChI is InChI=1S/C28H27FN4O5/c1-2-37-28(36)25-20-12-15-32(18-8-6-17(7-9-18)31-14-4-3-5-23(31)34)27(35)26(20)33(30-25)21-10-11-22-19(24(21)29)13-16-38-22/h6-11H,2-5,12-16H2,1H3. The summed E-state index contributed by atoms with van der Waals surface area (Å²) >= 11 is 0. The summed E-state index contributed by atoms with van der Waals surface area (Å²) in [6.45, 7) is 3.21. The SMILES string of the molecule is CCOC(=O)c1nn(-c2ccc3c(c2F)CCO3)c2c1CCN(c1ccc(N3CCCCC3=O)cc1)C2=O. The Morgan fingerprint density at radius 2 is 1.74 bits per heavy atom. The molecule has 1 fully saturated rings. The number of amides is 2. The van der Waals surface area contributed by atoms with Gasteiger partial charge in [-0.3, -0.25) is 9.59 Å². The number of hydrogen-bond acceptors (Lipinski definition) is 6. The Morgan fingerprint density at radius 3 is 2.47 bits per heavy atom. The number of carbonyl (C=O) groups excluding carboxylic acids is 3. The van der Waals surface area contributed by atoms with Crippen LogP contribution in [0.5, 0.6) is 5.75 Å². The summed E-state index contributed by atoms with van der Waals surface area (Å²) in [4.78, 5) is 42.3. The molecule has 10 heteroatoms. The smallest absolute Gasteiger partial charge is 0.359 e. The zero-order chi connectivity index (χ0) is 26.4. The fraction of sp³-hybridized carbons (Fsp3) is 0.357. The van der Waals surface area contributed by atoms with Gasteiger partial charge in [0.05, 0.1) is 13.2 Å². The van der Waals surface area contributed by atoms with Crippen molar-refractivity contribution in [2.45, 2.75) is 39.0 Å². The van der Waals surface area contributed by atoms with Gasteiger partial charge in [0.1, 0.15) is 17.1 Å². The topological polar surface area (TPSA) is 94.0 Å². The first-order chi connectivity index (χ1) is 18.5. The van der Waals surface area contributed by atoms with Crippen molar-refractivity contribution in [1.29, 1.82) is 0 Å². The first-order valence-electron chi connectivity index (χ1n) is 12.9. The van der Waals surface area contributed by atoms with Crippen LogP contribution in [0.1, 0.15) is 58.3 Å². The van der Waals surface area contributed by atoms with Crippen molar-refractivity contribution >= 4 is 29.2 Å². The molecule has 3 aliphatic rings. The van der Waals surface area contributed by atoms with Crippen LogP contribution in [-0.4, -0.2) is 53.9 Å². The van der Waals surface area contributed by atoms with Crippen LogP contribution in [0.3, 0.4) is 0 Å². The fourth-order valence-electron chi connectivity index (χ4n) is 5.42. The van der Waals surface area contributed by atoms with Crippen molar-refractivity contribution in [3.05, 3.63) is 64.7 Å². The van der Waals surface area contributed by atoms with Gasteiger partial charge in [0.25, 0.3) is 5.91 Å². The predicted molar refractivity (Wildman–Crippen MR) is 137 cm³/mol. The number of esters is 1. The number of piperidine rings is 1. The van der Waals surface area contributed by atoms with Crippen molar-refractivity contribution in [2.24, 2.45) is 0 Å². The molecule has 38 heavy (non-hydrogen) atoms. The highest BCUT2D eigenvalue weighted by atomic mass is 19.1. The Balaban J connectivity index is 1.39. The van der Waals surface area contributed by atoms with Gasteiger partial charge in [0, 0.05) is 48.4 Å². The first kappa shape index (κ1) is 24.1. The van der Waals surface area contributed by atoms with E-state index in [1.807, 2.05) is 12.1 Å². The van der Waals surface area contributed by atoms with E-state index in [9.17, 15) is 14.4 Å². The first-order valence-corrected chi connectivity index (χ1v) is 12.9. The lowest BCUT2D eigenvalue weighted by Gasteiger charge is -2.29. The van der Waals surface area contributed by atoms with Gasteiger partial charge in [-0.05, 0) is 62.6 Å². The monoisotopic (exact) mass is 518 g/mol. The van der Waals surface area contributed by atoms with Gasteiger partial charge < -0.3 is 19.3 Å². The third-order valence-corrected chi connectivity index (χ3v) is 7.30. The molecule has 0 radical (unpaired) electrons. The van der Waals surface area contributed by atoms with E-state index in [-0.39, 0.29) is 29.6 Å². The third kappa shape index (κ3) is 3.91. The molecule has 6 rings (SSSR count).